The van der Waals surface area contributed by atoms with Crippen LogP contribution < -0.4 is 0 Å². The molecule has 0 saturated carbocycles. The third kappa shape index (κ3) is 2.89. The average Bonchev–Trinajstić information content (AvgIpc) is 2.03. The molecule has 1 nitrogen and oxygen atoms in total. The quantitative estimate of drug-likeness (QED) is 0.664. The molecular formula is C9H7F3O. The van der Waals surface area contributed by atoms with Gasteiger partial charge in [-0.3, -0.25) is 4.79 Å². The Balaban J connectivity index is 2.80. The lowest BCUT2D eigenvalue weighted by atomic mass is 10.1. The van der Waals surface area contributed by atoms with Crippen LogP contribution in [0.25, 0.3) is 0 Å². The minimum absolute atomic E-state index is 0.108. The zero-order valence-corrected chi connectivity index (χ0v) is 6.64. The highest BCUT2D eigenvalue weighted by Crippen LogP contribution is 2.17. The molecule has 1 aromatic rings. The molecular weight excluding hydrogens is 181 g/mol. The van der Waals surface area contributed by atoms with Gasteiger partial charge in [-0.1, -0.05) is 12.1 Å². The Morgan fingerprint density at radius 1 is 1.38 bits per heavy atom. The van der Waals surface area contributed by atoms with Gasteiger partial charge in [0.2, 0.25) is 0 Å². The van der Waals surface area contributed by atoms with E-state index in [1.807, 2.05) is 0 Å². The van der Waals surface area contributed by atoms with Gasteiger partial charge < -0.3 is 0 Å². The molecule has 0 bridgehead atoms. The summed E-state index contributed by atoms with van der Waals surface area (Å²) in [5.74, 6) is -3.99. The molecule has 0 spiro atoms. The smallest absolute Gasteiger partial charge is 0.297 e. The fraction of sp³-hybridized carbons (Fsp3) is 0.222. The van der Waals surface area contributed by atoms with E-state index in [-0.39, 0.29) is 5.56 Å². The summed E-state index contributed by atoms with van der Waals surface area (Å²) in [6.45, 7) is 0. The van der Waals surface area contributed by atoms with E-state index in [9.17, 15) is 18.0 Å². The summed E-state index contributed by atoms with van der Waals surface area (Å²) in [5, 5.41) is 0. The maximum absolute atomic E-state index is 12.5. The first-order valence-corrected chi connectivity index (χ1v) is 3.62. The van der Waals surface area contributed by atoms with E-state index < -0.39 is 24.4 Å². The van der Waals surface area contributed by atoms with E-state index in [1.165, 1.54) is 12.1 Å². The third-order valence-electron chi connectivity index (χ3n) is 1.50. The highest BCUT2D eigenvalue weighted by molar-refractivity contribution is 5.60. The molecule has 70 valence electrons. The first kappa shape index (κ1) is 9.77. The van der Waals surface area contributed by atoms with Gasteiger partial charge >= 0.3 is 5.92 Å². The summed E-state index contributed by atoms with van der Waals surface area (Å²) < 4.78 is 37.5. The van der Waals surface area contributed by atoms with Gasteiger partial charge in [0, 0.05) is 6.42 Å². The lowest BCUT2D eigenvalue weighted by molar-refractivity contribution is -0.128. The van der Waals surface area contributed by atoms with Crippen molar-refractivity contribution in [1.82, 2.24) is 0 Å². The number of carbonyl (C=O) groups excluding carboxylic acids is 1. The van der Waals surface area contributed by atoms with Crippen molar-refractivity contribution in [3.63, 3.8) is 0 Å². The Morgan fingerprint density at radius 3 is 2.62 bits per heavy atom. The minimum Gasteiger partial charge on any atom is -0.297 e. The fourth-order valence-electron chi connectivity index (χ4n) is 0.961. The molecule has 0 aliphatic heterocycles. The van der Waals surface area contributed by atoms with Gasteiger partial charge in [0.05, 0.1) is 0 Å². The number of hydrogen-bond acceptors (Lipinski definition) is 1. The van der Waals surface area contributed by atoms with Crippen molar-refractivity contribution in [3.05, 3.63) is 35.6 Å². The molecule has 4 heteroatoms. The SMILES string of the molecule is O=CC(F)(F)Cc1cccc(F)c1. The Bertz CT molecular complexity index is 309. The maximum atomic E-state index is 12.5. The van der Waals surface area contributed by atoms with Crippen LogP contribution in [-0.2, 0) is 11.2 Å². The Kier molecular flexibility index (Phi) is 2.70. The number of halogens is 3. The number of benzene rings is 1. The van der Waals surface area contributed by atoms with Gasteiger partial charge in [0.1, 0.15) is 5.82 Å². The lowest BCUT2D eigenvalue weighted by Gasteiger charge is -2.07. The van der Waals surface area contributed by atoms with Crippen LogP contribution >= 0.6 is 0 Å². The van der Waals surface area contributed by atoms with Crippen LogP contribution in [0.15, 0.2) is 24.3 Å². The second-order valence-electron chi connectivity index (χ2n) is 2.69. The largest absolute Gasteiger partial charge is 0.306 e. The van der Waals surface area contributed by atoms with E-state index >= 15 is 0 Å². The molecule has 1 aromatic carbocycles. The van der Waals surface area contributed by atoms with Crippen LogP contribution in [0.3, 0.4) is 0 Å². The van der Waals surface area contributed by atoms with Gasteiger partial charge in [0.25, 0.3) is 0 Å². The van der Waals surface area contributed by atoms with Crippen LogP contribution in [-0.4, -0.2) is 12.2 Å². The predicted molar refractivity (Wildman–Crippen MR) is 41.1 cm³/mol. The van der Waals surface area contributed by atoms with Gasteiger partial charge in [0.15, 0.2) is 6.29 Å². The first-order chi connectivity index (χ1) is 6.03. The molecule has 0 amide bonds. The molecule has 0 aliphatic carbocycles. The second kappa shape index (κ2) is 3.60. The summed E-state index contributed by atoms with van der Waals surface area (Å²) in [6, 6.07) is 4.81. The van der Waals surface area contributed by atoms with Crippen LogP contribution in [0, 0.1) is 5.82 Å². The van der Waals surface area contributed by atoms with Crippen LogP contribution in [0.4, 0.5) is 13.2 Å². The number of alkyl halides is 2. The van der Waals surface area contributed by atoms with Crippen molar-refractivity contribution in [2.75, 3.05) is 0 Å². The molecule has 1 rings (SSSR count). The summed E-state index contributed by atoms with van der Waals surface area (Å²) in [7, 11) is 0. The molecule has 0 radical (unpaired) electrons. The first-order valence-electron chi connectivity index (χ1n) is 3.62. The molecule has 0 heterocycles. The van der Waals surface area contributed by atoms with E-state index in [1.54, 1.807) is 0 Å². The fourth-order valence-corrected chi connectivity index (χ4v) is 0.961. The summed E-state index contributed by atoms with van der Waals surface area (Å²) >= 11 is 0. The van der Waals surface area contributed by atoms with Gasteiger partial charge in [-0.05, 0) is 17.7 Å². The number of rotatable bonds is 3. The zero-order chi connectivity index (χ0) is 9.90. The molecule has 0 aromatic heterocycles. The highest BCUT2D eigenvalue weighted by Gasteiger charge is 2.28. The summed E-state index contributed by atoms with van der Waals surface area (Å²) in [4.78, 5) is 9.87. The number of hydrogen-bond donors (Lipinski definition) is 0. The normalized spacial score (nSPS) is 11.3. The highest BCUT2D eigenvalue weighted by atomic mass is 19.3. The molecule has 0 aliphatic rings. The van der Waals surface area contributed by atoms with Crippen molar-refractivity contribution in [3.8, 4) is 0 Å². The maximum Gasteiger partial charge on any atom is 0.306 e. The topological polar surface area (TPSA) is 17.1 Å². The number of aldehydes is 1. The average molecular weight is 188 g/mol. The van der Waals surface area contributed by atoms with Crippen molar-refractivity contribution < 1.29 is 18.0 Å². The minimum atomic E-state index is -3.41. The van der Waals surface area contributed by atoms with Crippen molar-refractivity contribution in [1.29, 1.82) is 0 Å². The van der Waals surface area contributed by atoms with E-state index in [0.29, 0.717) is 0 Å². The zero-order valence-electron chi connectivity index (χ0n) is 6.64. The van der Waals surface area contributed by atoms with Crippen LogP contribution in [0.5, 0.6) is 0 Å². The van der Waals surface area contributed by atoms with Crippen LogP contribution in [0.1, 0.15) is 5.56 Å². The Labute approximate surface area is 73.2 Å². The second-order valence-corrected chi connectivity index (χ2v) is 2.69. The van der Waals surface area contributed by atoms with Crippen molar-refractivity contribution in [2.45, 2.75) is 12.3 Å². The number of carbonyl (C=O) groups is 1. The van der Waals surface area contributed by atoms with Crippen molar-refractivity contribution >= 4 is 6.29 Å². The van der Waals surface area contributed by atoms with E-state index in [0.717, 1.165) is 12.1 Å². The molecule has 0 fully saturated rings. The molecule has 0 N–H and O–H groups in total. The van der Waals surface area contributed by atoms with Gasteiger partial charge in [-0.2, -0.15) is 8.78 Å². The van der Waals surface area contributed by atoms with E-state index in [4.69, 9.17) is 0 Å². The predicted octanol–water partition coefficient (Wildman–Crippen LogP) is 2.20. The lowest BCUT2D eigenvalue weighted by Crippen LogP contribution is -2.20. The van der Waals surface area contributed by atoms with Crippen LogP contribution in [0.2, 0.25) is 0 Å². The van der Waals surface area contributed by atoms with Crippen molar-refractivity contribution in [2.24, 2.45) is 0 Å². The Hall–Kier alpha value is -1.32. The summed E-state index contributed by atoms with van der Waals surface area (Å²) in [5.41, 5.74) is 0.108. The van der Waals surface area contributed by atoms with Gasteiger partial charge in [-0.25, -0.2) is 4.39 Å². The monoisotopic (exact) mass is 188 g/mol. The Morgan fingerprint density at radius 2 is 2.08 bits per heavy atom. The third-order valence-corrected chi connectivity index (χ3v) is 1.50. The molecule has 0 saturated heterocycles. The molecule has 0 unspecified atom stereocenters. The van der Waals surface area contributed by atoms with Gasteiger partial charge in [-0.15, -0.1) is 0 Å². The molecule has 13 heavy (non-hydrogen) atoms. The standard InChI is InChI=1S/C9H7F3O/c10-8-3-1-2-7(4-8)5-9(11,12)6-13/h1-4,6H,5H2. The molecule has 0 atom stereocenters. The van der Waals surface area contributed by atoms with E-state index in [2.05, 4.69) is 0 Å². The summed E-state index contributed by atoms with van der Waals surface area (Å²) in [6.07, 6.45) is -1.19.